The molecule has 9 heteroatoms. The second-order valence-electron chi connectivity index (χ2n) is 7.80. The summed E-state index contributed by atoms with van der Waals surface area (Å²) in [4.78, 5) is 26.0. The lowest BCUT2D eigenvalue weighted by Gasteiger charge is -2.22. The van der Waals surface area contributed by atoms with Gasteiger partial charge >= 0.3 is 0 Å². The summed E-state index contributed by atoms with van der Waals surface area (Å²) in [6.45, 7) is 11.2. The Bertz CT molecular complexity index is 1580. The highest BCUT2D eigenvalue weighted by molar-refractivity contribution is 5.95. The van der Waals surface area contributed by atoms with E-state index in [2.05, 4.69) is 35.5 Å². The summed E-state index contributed by atoms with van der Waals surface area (Å²) in [5.41, 5.74) is 2.91. The van der Waals surface area contributed by atoms with Gasteiger partial charge in [-0.25, -0.2) is 9.83 Å². The number of benzene rings is 2. The average Bonchev–Trinajstić information content (AvgIpc) is 3.39. The van der Waals surface area contributed by atoms with Gasteiger partial charge in [0, 0.05) is 23.1 Å². The summed E-state index contributed by atoms with van der Waals surface area (Å²) in [5.74, 6) is 0.983. The van der Waals surface area contributed by atoms with Gasteiger partial charge in [-0.05, 0) is 37.4 Å². The molecule has 5 aromatic rings. The number of aryl methyl sites for hydroxylation is 1. The van der Waals surface area contributed by atoms with Crippen LogP contribution in [0.2, 0.25) is 0 Å². The van der Waals surface area contributed by atoms with Crippen LogP contribution in [0.4, 0.5) is 11.5 Å². The highest BCUT2D eigenvalue weighted by Crippen LogP contribution is 2.30. The van der Waals surface area contributed by atoms with Crippen LogP contribution >= 0.6 is 0 Å². The first-order valence-corrected chi connectivity index (χ1v) is 10.6. The van der Waals surface area contributed by atoms with E-state index in [0.29, 0.717) is 34.0 Å². The third-order valence-electron chi connectivity index (χ3n) is 5.59. The zero-order valence-electron chi connectivity index (χ0n) is 18.5. The van der Waals surface area contributed by atoms with E-state index in [4.69, 9.17) is 6.57 Å². The van der Waals surface area contributed by atoms with Crippen molar-refractivity contribution in [2.24, 2.45) is 0 Å². The van der Waals surface area contributed by atoms with Gasteiger partial charge in [0.2, 0.25) is 5.69 Å². The molecule has 0 fully saturated rings. The molecule has 0 spiro atoms. The minimum Gasteiger partial charge on any atom is -0.371 e. The van der Waals surface area contributed by atoms with Crippen LogP contribution in [0.3, 0.4) is 0 Å². The monoisotopic (exact) mass is 448 g/mol. The van der Waals surface area contributed by atoms with Crippen LogP contribution in [0, 0.1) is 13.5 Å². The number of anilines is 1. The molecule has 0 bridgehead atoms. The molecule has 3 aromatic heterocycles. The zero-order valence-corrected chi connectivity index (χ0v) is 18.5. The Hall–Kier alpha value is -4.84. The van der Waals surface area contributed by atoms with Crippen LogP contribution < -0.4 is 10.9 Å². The van der Waals surface area contributed by atoms with Gasteiger partial charge in [0.15, 0.2) is 0 Å². The Labute approximate surface area is 195 Å². The maximum atomic E-state index is 14.0. The molecule has 166 valence electrons. The van der Waals surface area contributed by atoms with Crippen molar-refractivity contribution in [3.8, 4) is 16.9 Å². The molecule has 9 nitrogen and oxygen atoms in total. The largest absolute Gasteiger partial charge is 0.371 e. The number of hydrogen-bond acceptors (Lipinski definition) is 6. The van der Waals surface area contributed by atoms with Gasteiger partial charge in [0.25, 0.3) is 5.56 Å². The van der Waals surface area contributed by atoms with Crippen LogP contribution in [0.1, 0.15) is 24.5 Å². The normalized spacial score (nSPS) is 11.8. The highest BCUT2D eigenvalue weighted by atomic mass is 16.1. The molecule has 0 unspecified atom stereocenters. The van der Waals surface area contributed by atoms with Crippen LogP contribution in [0.15, 0.2) is 71.8 Å². The lowest BCUT2D eigenvalue weighted by Crippen LogP contribution is -2.26. The Kier molecular flexibility index (Phi) is 5.32. The first kappa shape index (κ1) is 21.0. The van der Waals surface area contributed by atoms with Gasteiger partial charge in [-0.2, -0.15) is 15.4 Å². The van der Waals surface area contributed by atoms with Crippen molar-refractivity contribution in [3.63, 3.8) is 0 Å². The second kappa shape index (κ2) is 8.60. The van der Waals surface area contributed by atoms with Crippen molar-refractivity contribution >= 4 is 22.3 Å². The van der Waals surface area contributed by atoms with E-state index in [-0.39, 0.29) is 11.6 Å². The van der Waals surface area contributed by atoms with Gasteiger partial charge in [-0.15, -0.1) is 0 Å². The topological polar surface area (TPSA) is 106 Å². The number of rotatable bonds is 5. The number of aromatic nitrogens is 6. The van der Waals surface area contributed by atoms with Gasteiger partial charge in [-0.1, -0.05) is 36.4 Å². The van der Waals surface area contributed by atoms with Gasteiger partial charge in [0.05, 0.1) is 24.2 Å². The van der Waals surface area contributed by atoms with Crippen molar-refractivity contribution < 1.29 is 0 Å². The molecule has 3 heterocycles. The Morgan fingerprint density at radius 2 is 1.94 bits per heavy atom. The van der Waals surface area contributed by atoms with Crippen LogP contribution in [0.25, 0.3) is 32.6 Å². The number of fused-ring (bicyclic) bond motifs is 1. The average molecular weight is 448 g/mol. The van der Waals surface area contributed by atoms with E-state index in [1.807, 2.05) is 61.5 Å². The number of nitrogens with zero attached hydrogens (tertiary/aromatic N) is 6. The molecule has 0 aliphatic heterocycles. The van der Waals surface area contributed by atoms with E-state index in [0.717, 1.165) is 16.8 Å². The summed E-state index contributed by atoms with van der Waals surface area (Å²) in [6, 6.07) is 16.8. The molecular formula is C25H20N8O. The van der Waals surface area contributed by atoms with E-state index in [9.17, 15) is 4.79 Å². The maximum absolute atomic E-state index is 14.0. The summed E-state index contributed by atoms with van der Waals surface area (Å²) in [6.07, 6.45) is 3.10. The minimum atomic E-state index is -0.345. The Morgan fingerprint density at radius 3 is 2.68 bits per heavy atom. The van der Waals surface area contributed by atoms with E-state index in [1.165, 1.54) is 6.20 Å². The number of para-hydroxylation sites is 1. The summed E-state index contributed by atoms with van der Waals surface area (Å²) in [7, 11) is 0. The lowest BCUT2D eigenvalue weighted by atomic mass is 10.0. The smallest absolute Gasteiger partial charge is 0.263 e. The fourth-order valence-electron chi connectivity index (χ4n) is 4.02. The van der Waals surface area contributed by atoms with Gasteiger partial charge in [0.1, 0.15) is 17.3 Å². The fourth-order valence-corrected chi connectivity index (χ4v) is 4.02. The molecule has 0 radical (unpaired) electrons. The lowest BCUT2D eigenvalue weighted by molar-refractivity contribution is 0.772. The minimum absolute atomic E-state index is 0.171. The highest BCUT2D eigenvalue weighted by Gasteiger charge is 2.20. The van der Waals surface area contributed by atoms with E-state index in [1.54, 1.807) is 17.7 Å². The second-order valence-corrected chi connectivity index (χ2v) is 7.80. The standard InChI is InChI=1S/C25H20N8O/c1-15(29-24-21(26-3)13-27-16(2)30-24)22-12-17-8-7-11-19(20-14-28-32-31-20)23(17)25(34)33(22)18-9-5-4-6-10-18/h4-15H,1-2H3,(H,27,29,30)(H,28,31,32)/t15-/m0/s1. The molecule has 5 rings (SSSR count). The number of nitrogens with one attached hydrogen (secondary N) is 2. The quantitative estimate of drug-likeness (QED) is 0.381. The first-order chi connectivity index (χ1) is 16.6. The van der Waals surface area contributed by atoms with Crippen molar-refractivity contribution in [1.82, 2.24) is 29.9 Å². The van der Waals surface area contributed by atoms with Gasteiger partial charge in [-0.3, -0.25) is 14.3 Å². The molecule has 0 aliphatic rings. The summed E-state index contributed by atoms with van der Waals surface area (Å²) in [5, 5.41) is 15.3. The number of pyridine rings is 1. The van der Waals surface area contributed by atoms with Crippen LogP contribution in [-0.2, 0) is 0 Å². The third kappa shape index (κ3) is 3.67. The van der Waals surface area contributed by atoms with Crippen LogP contribution in [0.5, 0.6) is 0 Å². The molecular weight excluding hydrogens is 428 g/mol. The SMILES string of the molecule is [C-]#[N+]c1cnc(C)nc1N[C@@H](C)c1cc2cccc(-c3cn[nH]n3)c2c(=O)n1-c1ccccc1. The number of aromatic amines is 1. The molecule has 34 heavy (non-hydrogen) atoms. The Morgan fingerprint density at radius 1 is 1.12 bits per heavy atom. The molecule has 1 atom stereocenters. The molecule has 0 saturated carbocycles. The predicted octanol–water partition coefficient (Wildman–Crippen LogP) is 4.60. The number of H-pyrrole nitrogens is 1. The van der Waals surface area contributed by atoms with Gasteiger partial charge < -0.3 is 5.32 Å². The van der Waals surface area contributed by atoms with Crippen LogP contribution in [-0.4, -0.2) is 29.9 Å². The molecule has 2 N–H and O–H groups in total. The predicted molar refractivity (Wildman–Crippen MR) is 130 cm³/mol. The fraction of sp³-hybridized carbons (Fsp3) is 0.120. The van der Waals surface area contributed by atoms with Crippen molar-refractivity contribution in [2.75, 3.05) is 5.32 Å². The zero-order chi connectivity index (χ0) is 23.7. The van der Waals surface area contributed by atoms with Crippen molar-refractivity contribution in [3.05, 3.63) is 100 Å². The van der Waals surface area contributed by atoms with Crippen molar-refractivity contribution in [1.29, 1.82) is 0 Å². The Balaban J connectivity index is 1.74. The maximum Gasteiger partial charge on any atom is 0.263 e. The van der Waals surface area contributed by atoms with Crippen molar-refractivity contribution in [2.45, 2.75) is 19.9 Å². The summed E-state index contributed by atoms with van der Waals surface area (Å²) < 4.78 is 1.69. The first-order valence-electron chi connectivity index (χ1n) is 10.6. The van der Waals surface area contributed by atoms with E-state index >= 15 is 0 Å². The molecule has 0 aliphatic carbocycles. The van der Waals surface area contributed by atoms with E-state index < -0.39 is 0 Å². The summed E-state index contributed by atoms with van der Waals surface area (Å²) >= 11 is 0. The third-order valence-corrected chi connectivity index (χ3v) is 5.59. The number of hydrogen-bond donors (Lipinski definition) is 2. The molecule has 0 amide bonds. The molecule has 2 aromatic carbocycles. The molecule has 0 saturated heterocycles.